The van der Waals surface area contributed by atoms with Crippen LogP contribution in [0, 0.1) is 0 Å². The van der Waals surface area contributed by atoms with Crippen molar-refractivity contribution in [3.05, 3.63) is 95.3 Å². The second-order valence-electron chi connectivity index (χ2n) is 7.37. The highest BCUT2D eigenvalue weighted by Crippen LogP contribution is 2.25. The van der Waals surface area contributed by atoms with E-state index in [1.807, 2.05) is 43.3 Å². The van der Waals surface area contributed by atoms with Crippen molar-refractivity contribution in [1.29, 1.82) is 0 Å². The van der Waals surface area contributed by atoms with Crippen molar-refractivity contribution in [2.24, 2.45) is 0 Å². The van der Waals surface area contributed by atoms with Crippen LogP contribution in [0.2, 0.25) is 0 Å². The van der Waals surface area contributed by atoms with Gasteiger partial charge in [-0.05, 0) is 54.3 Å². The highest BCUT2D eigenvalue weighted by atomic mass is 32.2. The minimum Gasteiger partial charge on any atom is -0.345 e. The molecule has 1 atom stereocenters. The molecule has 7 heteroatoms. The first-order valence-electron chi connectivity index (χ1n) is 9.83. The van der Waals surface area contributed by atoms with Gasteiger partial charge in [0.05, 0.1) is 10.9 Å². The smallest absolute Gasteiger partial charge is 0.251 e. The molecule has 0 aliphatic carbocycles. The van der Waals surface area contributed by atoms with E-state index in [0.29, 0.717) is 25.1 Å². The van der Waals surface area contributed by atoms with Gasteiger partial charge in [0.2, 0.25) is 10.0 Å². The van der Waals surface area contributed by atoms with Crippen molar-refractivity contribution in [1.82, 2.24) is 14.6 Å². The molecule has 3 aromatic rings. The quantitative estimate of drug-likeness (QED) is 0.685. The number of nitrogens with one attached hydrogen (secondary N) is 1. The molecule has 6 nitrogen and oxygen atoms in total. The Hall–Kier alpha value is -3.03. The fraction of sp³-hybridized carbons (Fsp3) is 0.217. The molecular formula is C23H23N3O3S. The van der Waals surface area contributed by atoms with Gasteiger partial charge in [-0.2, -0.15) is 4.31 Å². The Bertz CT molecular complexity index is 1160. The van der Waals surface area contributed by atoms with Gasteiger partial charge in [-0.15, -0.1) is 0 Å². The molecule has 30 heavy (non-hydrogen) atoms. The summed E-state index contributed by atoms with van der Waals surface area (Å²) in [7, 11) is -3.70. The number of carbonyl (C=O) groups is 1. The molecule has 2 heterocycles. The maximum absolute atomic E-state index is 13.2. The zero-order valence-electron chi connectivity index (χ0n) is 16.7. The third kappa shape index (κ3) is 4.13. The Labute approximate surface area is 176 Å². The summed E-state index contributed by atoms with van der Waals surface area (Å²) in [5.74, 6) is -0.326. The van der Waals surface area contributed by atoms with Crippen molar-refractivity contribution in [2.45, 2.75) is 30.8 Å². The molecule has 0 bridgehead atoms. The molecule has 0 saturated carbocycles. The molecule has 1 aromatic heterocycles. The van der Waals surface area contributed by atoms with E-state index >= 15 is 0 Å². The average molecular weight is 422 g/mol. The van der Waals surface area contributed by atoms with E-state index in [0.717, 1.165) is 11.1 Å². The average Bonchev–Trinajstić information content (AvgIpc) is 2.79. The minimum atomic E-state index is -3.70. The van der Waals surface area contributed by atoms with Crippen molar-refractivity contribution >= 4 is 15.9 Å². The van der Waals surface area contributed by atoms with E-state index in [1.165, 1.54) is 22.0 Å². The molecule has 0 fully saturated rings. The standard InChI is InChI=1S/C23H23N3O3S/c1-17(20-9-5-12-24-15-20)25-23(27)19-8-4-10-22(14-19)30(28,29)26-13-11-18-6-2-3-7-21(18)16-26/h2-10,12,14-15,17H,11,13,16H2,1H3,(H,25,27)/t17-/m0/s1. The predicted octanol–water partition coefficient (Wildman–Crippen LogP) is 3.32. The lowest BCUT2D eigenvalue weighted by Gasteiger charge is -2.28. The summed E-state index contributed by atoms with van der Waals surface area (Å²) >= 11 is 0. The molecule has 0 spiro atoms. The predicted molar refractivity (Wildman–Crippen MR) is 114 cm³/mol. The fourth-order valence-electron chi connectivity index (χ4n) is 3.62. The van der Waals surface area contributed by atoms with E-state index < -0.39 is 10.0 Å². The van der Waals surface area contributed by atoms with Gasteiger partial charge in [0.1, 0.15) is 0 Å². The number of nitrogens with zero attached hydrogens (tertiary/aromatic N) is 2. The molecule has 4 rings (SSSR count). The molecular weight excluding hydrogens is 398 g/mol. The summed E-state index contributed by atoms with van der Waals surface area (Å²) in [4.78, 5) is 16.9. The van der Waals surface area contributed by atoms with Crippen LogP contribution in [-0.2, 0) is 23.0 Å². The van der Waals surface area contributed by atoms with E-state index in [2.05, 4.69) is 10.3 Å². The van der Waals surface area contributed by atoms with E-state index in [4.69, 9.17) is 0 Å². The van der Waals surface area contributed by atoms with Crippen LogP contribution in [0.1, 0.15) is 40.0 Å². The Kier molecular flexibility index (Phi) is 5.65. The lowest BCUT2D eigenvalue weighted by molar-refractivity contribution is 0.0939. The molecule has 1 aliphatic heterocycles. The van der Waals surface area contributed by atoms with Crippen molar-refractivity contribution in [2.75, 3.05) is 6.54 Å². The fourth-order valence-corrected chi connectivity index (χ4v) is 5.08. The van der Waals surface area contributed by atoms with E-state index in [9.17, 15) is 13.2 Å². The van der Waals surface area contributed by atoms with Gasteiger partial charge in [0, 0.05) is 31.0 Å². The number of sulfonamides is 1. The number of pyridine rings is 1. The SMILES string of the molecule is C[C@H](NC(=O)c1cccc(S(=O)(=O)N2CCc3ccccc3C2)c1)c1cccnc1. The summed E-state index contributed by atoms with van der Waals surface area (Å²) in [6.45, 7) is 2.63. The van der Waals surface area contributed by atoms with Crippen molar-refractivity contribution < 1.29 is 13.2 Å². The highest BCUT2D eigenvalue weighted by Gasteiger charge is 2.28. The van der Waals surface area contributed by atoms with Crippen LogP contribution in [0.15, 0.2) is 78.0 Å². The second-order valence-corrected chi connectivity index (χ2v) is 9.30. The number of fused-ring (bicyclic) bond motifs is 1. The summed E-state index contributed by atoms with van der Waals surface area (Å²) in [6, 6.07) is 17.5. The molecule has 1 N–H and O–H groups in total. The first kappa shape index (κ1) is 20.3. The molecule has 2 aromatic carbocycles. The van der Waals surface area contributed by atoms with Gasteiger partial charge in [-0.3, -0.25) is 9.78 Å². The maximum Gasteiger partial charge on any atom is 0.251 e. The number of aromatic nitrogens is 1. The zero-order chi connectivity index (χ0) is 21.1. The monoisotopic (exact) mass is 421 g/mol. The number of rotatable bonds is 5. The van der Waals surface area contributed by atoms with Gasteiger partial charge in [0.15, 0.2) is 0 Å². The van der Waals surface area contributed by atoms with Gasteiger partial charge in [-0.25, -0.2) is 8.42 Å². The van der Waals surface area contributed by atoms with Crippen LogP contribution < -0.4 is 5.32 Å². The van der Waals surface area contributed by atoms with Crippen LogP contribution in [-0.4, -0.2) is 30.2 Å². The highest BCUT2D eigenvalue weighted by molar-refractivity contribution is 7.89. The number of amides is 1. The summed E-state index contributed by atoms with van der Waals surface area (Å²) in [5, 5.41) is 2.90. The molecule has 0 unspecified atom stereocenters. The second kappa shape index (κ2) is 8.38. The molecule has 0 saturated heterocycles. The van der Waals surface area contributed by atoms with Crippen LogP contribution in [0.3, 0.4) is 0 Å². The maximum atomic E-state index is 13.2. The normalized spacial score (nSPS) is 15.2. The van der Waals surface area contributed by atoms with E-state index in [-0.39, 0.29) is 16.8 Å². The zero-order valence-corrected chi connectivity index (χ0v) is 17.5. The lowest BCUT2D eigenvalue weighted by atomic mass is 10.0. The first-order valence-corrected chi connectivity index (χ1v) is 11.3. The largest absolute Gasteiger partial charge is 0.345 e. The minimum absolute atomic E-state index is 0.128. The van der Waals surface area contributed by atoms with E-state index in [1.54, 1.807) is 24.5 Å². The molecule has 1 amide bonds. The van der Waals surface area contributed by atoms with Gasteiger partial charge >= 0.3 is 0 Å². The van der Waals surface area contributed by atoms with Gasteiger partial charge < -0.3 is 5.32 Å². The molecule has 1 aliphatic rings. The summed E-state index contributed by atoms with van der Waals surface area (Å²) in [6.07, 6.45) is 4.05. The number of carbonyl (C=O) groups excluding carboxylic acids is 1. The molecule has 154 valence electrons. The lowest BCUT2D eigenvalue weighted by Crippen LogP contribution is -2.36. The van der Waals surface area contributed by atoms with Crippen molar-refractivity contribution in [3.63, 3.8) is 0 Å². The van der Waals surface area contributed by atoms with Crippen LogP contribution in [0.25, 0.3) is 0 Å². The summed E-state index contributed by atoms with van der Waals surface area (Å²) in [5.41, 5.74) is 3.39. The Morgan fingerprint density at radius 2 is 1.87 bits per heavy atom. The van der Waals surface area contributed by atoms with Crippen LogP contribution in [0.4, 0.5) is 0 Å². The third-order valence-corrected chi connectivity index (χ3v) is 7.20. The van der Waals surface area contributed by atoms with Crippen molar-refractivity contribution in [3.8, 4) is 0 Å². The molecule has 0 radical (unpaired) electrons. The first-order chi connectivity index (χ1) is 14.4. The third-order valence-electron chi connectivity index (χ3n) is 5.36. The van der Waals surface area contributed by atoms with Gasteiger partial charge in [0.25, 0.3) is 5.91 Å². The summed E-state index contributed by atoms with van der Waals surface area (Å²) < 4.78 is 27.9. The topological polar surface area (TPSA) is 79.4 Å². The van der Waals surface area contributed by atoms with Crippen LogP contribution in [0.5, 0.6) is 0 Å². The number of hydrogen-bond acceptors (Lipinski definition) is 4. The number of hydrogen-bond donors (Lipinski definition) is 1. The Morgan fingerprint density at radius 3 is 2.63 bits per heavy atom. The number of benzene rings is 2. The Balaban J connectivity index is 1.53. The van der Waals surface area contributed by atoms with Gasteiger partial charge in [-0.1, -0.05) is 36.4 Å². The van der Waals surface area contributed by atoms with Crippen LogP contribution >= 0.6 is 0 Å². The Morgan fingerprint density at radius 1 is 1.07 bits per heavy atom.